The second kappa shape index (κ2) is 7.94. The van der Waals surface area contributed by atoms with Gasteiger partial charge in [-0.2, -0.15) is 0 Å². The number of carbonyl (C=O) groups is 1. The van der Waals surface area contributed by atoms with Gasteiger partial charge in [-0.15, -0.1) is 10.2 Å². The minimum Gasteiger partial charge on any atom is -0.493 e. The first kappa shape index (κ1) is 15.7. The van der Waals surface area contributed by atoms with Crippen molar-refractivity contribution in [2.24, 2.45) is 0 Å². The van der Waals surface area contributed by atoms with Gasteiger partial charge in [0.15, 0.2) is 11.5 Å². The Bertz CT molecular complexity index is 669. The molecule has 1 N–H and O–H groups in total. The molecule has 0 saturated heterocycles. The van der Waals surface area contributed by atoms with E-state index in [4.69, 9.17) is 9.47 Å². The molecule has 7 heteroatoms. The molecule has 0 aliphatic heterocycles. The van der Waals surface area contributed by atoms with Gasteiger partial charge in [-0.1, -0.05) is 30.1 Å². The van der Waals surface area contributed by atoms with Crippen LogP contribution < -0.4 is 14.8 Å². The van der Waals surface area contributed by atoms with Crippen LogP contribution in [0.2, 0.25) is 0 Å². The Balaban J connectivity index is 2.04. The van der Waals surface area contributed by atoms with Gasteiger partial charge in [-0.05, 0) is 23.8 Å². The van der Waals surface area contributed by atoms with Crippen LogP contribution in [0.3, 0.4) is 0 Å². The van der Waals surface area contributed by atoms with Crippen molar-refractivity contribution in [3.05, 3.63) is 48.0 Å². The Hall–Kier alpha value is -2.67. The Morgan fingerprint density at radius 3 is 3.00 bits per heavy atom. The molecule has 0 fully saturated rings. The highest BCUT2D eigenvalue weighted by Gasteiger charge is 2.05. The molecule has 0 spiro atoms. The predicted molar refractivity (Wildman–Crippen MR) is 86.3 cm³/mol. The standard InChI is InChI=1S/C15H15N3O3S/c1-3-8-21-12-6-4-11(9-13(12)20-2)5-7-14(19)17-15-18-16-10-22-15/h3-7,9-10H,1,8H2,2H3,(H,17,18,19)/b7-5+. The molecule has 0 unspecified atom stereocenters. The molecule has 1 aromatic carbocycles. The lowest BCUT2D eigenvalue weighted by atomic mass is 10.2. The molecule has 1 heterocycles. The average molecular weight is 317 g/mol. The molecule has 1 amide bonds. The van der Waals surface area contributed by atoms with Crippen molar-refractivity contribution in [3.63, 3.8) is 0 Å². The monoisotopic (exact) mass is 317 g/mol. The number of nitrogens with zero attached hydrogens (tertiary/aromatic N) is 2. The molecule has 2 aromatic rings. The Kier molecular flexibility index (Phi) is 5.67. The van der Waals surface area contributed by atoms with Crippen LogP contribution in [0, 0.1) is 0 Å². The number of nitrogens with one attached hydrogen (secondary N) is 1. The lowest BCUT2D eigenvalue weighted by Crippen LogP contribution is -2.07. The minimum atomic E-state index is -0.275. The summed E-state index contributed by atoms with van der Waals surface area (Å²) in [4.78, 5) is 11.7. The summed E-state index contributed by atoms with van der Waals surface area (Å²) in [7, 11) is 1.56. The van der Waals surface area contributed by atoms with Crippen molar-refractivity contribution >= 4 is 28.5 Å². The van der Waals surface area contributed by atoms with Crippen LogP contribution in [0.5, 0.6) is 11.5 Å². The van der Waals surface area contributed by atoms with Crippen molar-refractivity contribution in [1.82, 2.24) is 10.2 Å². The summed E-state index contributed by atoms with van der Waals surface area (Å²) in [6.07, 6.45) is 4.75. The molecule has 0 radical (unpaired) electrons. The van der Waals surface area contributed by atoms with Crippen molar-refractivity contribution in [2.45, 2.75) is 0 Å². The van der Waals surface area contributed by atoms with Crippen LogP contribution in [0.1, 0.15) is 5.56 Å². The number of hydrogen-bond donors (Lipinski definition) is 1. The summed E-state index contributed by atoms with van der Waals surface area (Å²) in [6, 6.07) is 5.40. The second-order valence-corrected chi connectivity index (χ2v) is 4.91. The van der Waals surface area contributed by atoms with Gasteiger partial charge < -0.3 is 9.47 Å². The molecule has 22 heavy (non-hydrogen) atoms. The van der Waals surface area contributed by atoms with Gasteiger partial charge in [0.05, 0.1) is 7.11 Å². The zero-order valence-electron chi connectivity index (χ0n) is 12.0. The summed E-state index contributed by atoms with van der Waals surface area (Å²) in [5, 5.41) is 10.5. The van der Waals surface area contributed by atoms with E-state index >= 15 is 0 Å². The van der Waals surface area contributed by atoms with Crippen LogP contribution in [0.15, 0.2) is 42.4 Å². The Labute approximate surface area is 132 Å². The SMILES string of the molecule is C=CCOc1ccc(/C=C/C(=O)Nc2nncs2)cc1OC. The quantitative estimate of drug-likeness (QED) is 0.628. The molecule has 0 atom stereocenters. The molecular formula is C15H15N3O3S. The maximum atomic E-state index is 11.7. The molecule has 0 saturated carbocycles. The molecular weight excluding hydrogens is 302 g/mol. The van der Waals surface area contributed by atoms with E-state index in [-0.39, 0.29) is 5.91 Å². The van der Waals surface area contributed by atoms with Crippen LogP contribution in [0.25, 0.3) is 6.08 Å². The number of rotatable bonds is 7. The van der Waals surface area contributed by atoms with Crippen molar-refractivity contribution < 1.29 is 14.3 Å². The smallest absolute Gasteiger partial charge is 0.250 e. The first-order chi connectivity index (χ1) is 10.7. The molecule has 0 bridgehead atoms. The number of ether oxygens (including phenoxy) is 2. The molecule has 114 valence electrons. The fourth-order valence-electron chi connectivity index (χ4n) is 1.60. The van der Waals surface area contributed by atoms with E-state index in [1.54, 1.807) is 36.9 Å². The average Bonchev–Trinajstić information content (AvgIpc) is 3.04. The number of methoxy groups -OCH3 is 1. The maximum Gasteiger partial charge on any atom is 0.250 e. The highest BCUT2D eigenvalue weighted by molar-refractivity contribution is 7.13. The van der Waals surface area contributed by atoms with E-state index in [0.717, 1.165) is 5.56 Å². The normalized spacial score (nSPS) is 10.4. The minimum absolute atomic E-state index is 0.275. The van der Waals surface area contributed by atoms with Crippen molar-refractivity contribution in [2.75, 3.05) is 19.0 Å². The maximum absolute atomic E-state index is 11.7. The third-order valence-electron chi connectivity index (χ3n) is 2.56. The zero-order chi connectivity index (χ0) is 15.8. The van der Waals surface area contributed by atoms with E-state index in [9.17, 15) is 4.79 Å². The highest BCUT2D eigenvalue weighted by atomic mass is 32.1. The number of anilines is 1. The topological polar surface area (TPSA) is 73.3 Å². The fourth-order valence-corrected chi connectivity index (χ4v) is 2.05. The molecule has 0 aliphatic carbocycles. The van der Waals surface area contributed by atoms with E-state index in [1.165, 1.54) is 17.4 Å². The van der Waals surface area contributed by atoms with E-state index in [2.05, 4.69) is 22.1 Å². The van der Waals surface area contributed by atoms with Crippen LogP contribution in [-0.4, -0.2) is 29.8 Å². The second-order valence-electron chi connectivity index (χ2n) is 4.08. The van der Waals surface area contributed by atoms with E-state index in [1.807, 2.05) is 6.07 Å². The number of hydrogen-bond acceptors (Lipinski definition) is 6. The molecule has 0 aliphatic rings. The van der Waals surface area contributed by atoms with Gasteiger partial charge >= 0.3 is 0 Å². The number of carbonyl (C=O) groups excluding carboxylic acids is 1. The number of benzene rings is 1. The molecule has 1 aromatic heterocycles. The van der Waals surface area contributed by atoms with Crippen molar-refractivity contribution in [3.8, 4) is 11.5 Å². The molecule has 6 nitrogen and oxygen atoms in total. The van der Waals surface area contributed by atoms with Crippen LogP contribution >= 0.6 is 11.3 Å². The van der Waals surface area contributed by atoms with Gasteiger partial charge in [0.1, 0.15) is 12.1 Å². The van der Waals surface area contributed by atoms with Crippen LogP contribution in [0.4, 0.5) is 5.13 Å². The third-order valence-corrected chi connectivity index (χ3v) is 3.17. The lowest BCUT2D eigenvalue weighted by Gasteiger charge is -2.09. The Morgan fingerprint density at radius 2 is 2.32 bits per heavy atom. The van der Waals surface area contributed by atoms with E-state index < -0.39 is 0 Å². The number of amides is 1. The first-order valence-corrected chi connectivity index (χ1v) is 7.28. The largest absolute Gasteiger partial charge is 0.493 e. The summed E-state index contributed by atoms with van der Waals surface area (Å²) in [5.41, 5.74) is 2.36. The highest BCUT2D eigenvalue weighted by Crippen LogP contribution is 2.28. The first-order valence-electron chi connectivity index (χ1n) is 6.40. The van der Waals surface area contributed by atoms with Gasteiger partial charge in [-0.3, -0.25) is 10.1 Å². The third kappa shape index (κ3) is 4.42. The van der Waals surface area contributed by atoms with Gasteiger partial charge in [0.25, 0.3) is 0 Å². The summed E-state index contributed by atoms with van der Waals surface area (Å²) in [6.45, 7) is 4.00. The number of aromatic nitrogens is 2. The zero-order valence-corrected chi connectivity index (χ0v) is 12.8. The summed E-state index contributed by atoms with van der Waals surface area (Å²) >= 11 is 1.26. The summed E-state index contributed by atoms with van der Waals surface area (Å²) in [5.74, 6) is 0.939. The summed E-state index contributed by atoms with van der Waals surface area (Å²) < 4.78 is 10.7. The predicted octanol–water partition coefficient (Wildman–Crippen LogP) is 2.76. The van der Waals surface area contributed by atoms with Gasteiger partial charge in [0, 0.05) is 6.08 Å². The van der Waals surface area contributed by atoms with Gasteiger partial charge in [0.2, 0.25) is 11.0 Å². The van der Waals surface area contributed by atoms with Crippen LogP contribution in [-0.2, 0) is 4.79 Å². The molecule has 2 rings (SSSR count). The fraction of sp³-hybridized carbons (Fsp3) is 0.133. The van der Waals surface area contributed by atoms with Crippen molar-refractivity contribution in [1.29, 1.82) is 0 Å². The van der Waals surface area contributed by atoms with Gasteiger partial charge in [-0.25, -0.2) is 0 Å². The van der Waals surface area contributed by atoms with E-state index in [0.29, 0.717) is 23.2 Å². The lowest BCUT2D eigenvalue weighted by molar-refractivity contribution is -0.111. The Morgan fingerprint density at radius 1 is 1.45 bits per heavy atom.